The molecule has 3 N–H and O–H groups in total. The Morgan fingerprint density at radius 3 is 2.65 bits per heavy atom. The van der Waals surface area contributed by atoms with Gasteiger partial charge in [0.25, 0.3) is 0 Å². The van der Waals surface area contributed by atoms with E-state index in [1.165, 1.54) is 19.3 Å². The highest BCUT2D eigenvalue weighted by atomic mass is 16.5. The van der Waals surface area contributed by atoms with Gasteiger partial charge < -0.3 is 15.8 Å². The Balaban J connectivity index is 2.25. The van der Waals surface area contributed by atoms with Crippen molar-refractivity contribution in [3.8, 4) is 5.75 Å². The zero-order chi connectivity index (χ0) is 14.8. The van der Waals surface area contributed by atoms with Crippen LogP contribution in [0.2, 0.25) is 0 Å². The van der Waals surface area contributed by atoms with Gasteiger partial charge in [0, 0.05) is 13.0 Å². The number of benzene rings is 1. The monoisotopic (exact) mass is 278 g/mol. The zero-order valence-electron chi connectivity index (χ0n) is 12.6. The normalized spacial score (nSPS) is 10.3. The van der Waals surface area contributed by atoms with Crippen LogP contribution in [0.1, 0.15) is 51.0 Å². The van der Waals surface area contributed by atoms with E-state index in [1.54, 1.807) is 7.11 Å². The SMILES string of the molecule is CCCCCCCC(=O)NCc1ccc(OC)c(N)c1. The zero-order valence-corrected chi connectivity index (χ0v) is 12.6. The molecule has 1 rings (SSSR count). The fourth-order valence-corrected chi connectivity index (χ4v) is 2.07. The van der Waals surface area contributed by atoms with Crippen LogP contribution in [0, 0.1) is 0 Å². The van der Waals surface area contributed by atoms with Crippen LogP contribution in [0.15, 0.2) is 18.2 Å². The van der Waals surface area contributed by atoms with Gasteiger partial charge in [0.1, 0.15) is 5.75 Å². The number of methoxy groups -OCH3 is 1. The molecule has 0 unspecified atom stereocenters. The van der Waals surface area contributed by atoms with Gasteiger partial charge in [-0.3, -0.25) is 4.79 Å². The lowest BCUT2D eigenvalue weighted by Gasteiger charge is -2.08. The summed E-state index contributed by atoms with van der Waals surface area (Å²) >= 11 is 0. The van der Waals surface area contributed by atoms with Crippen LogP contribution in [-0.2, 0) is 11.3 Å². The topological polar surface area (TPSA) is 64.3 Å². The first-order chi connectivity index (χ1) is 9.67. The Hall–Kier alpha value is -1.71. The highest BCUT2D eigenvalue weighted by Crippen LogP contribution is 2.21. The number of hydrogen-bond donors (Lipinski definition) is 2. The average molecular weight is 278 g/mol. The van der Waals surface area contributed by atoms with E-state index in [4.69, 9.17) is 10.5 Å². The standard InChI is InChI=1S/C16H26N2O2/c1-3-4-5-6-7-8-16(19)18-12-13-9-10-15(20-2)14(17)11-13/h9-11H,3-8,12,17H2,1-2H3,(H,18,19). The van der Waals surface area contributed by atoms with Crippen molar-refractivity contribution >= 4 is 11.6 Å². The number of carbonyl (C=O) groups is 1. The lowest BCUT2D eigenvalue weighted by Crippen LogP contribution is -2.22. The summed E-state index contributed by atoms with van der Waals surface area (Å²) < 4.78 is 5.10. The van der Waals surface area contributed by atoms with E-state index in [9.17, 15) is 4.79 Å². The lowest BCUT2D eigenvalue weighted by atomic mass is 10.1. The molecule has 112 valence electrons. The number of ether oxygens (including phenoxy) is 1. The summed E-state index contributed by atoms with van der Waals surface area (Å²) in [4.78, 5) is 11.7. The van der Waals surface area contributed by atoms with Crippen LogP contribution < -0.4 is 15.8 Å². The molecule has 0 aromatic heterocycles. The van der Waals surface area contributed by atoms with E-state index in [0.29, 0.717) is 24.4 Å². The maximum absolute atomic E-state index is 11.7. The Morgan fingerprint density at radius 2 is 2.00 bits per heavy atom. The van der Waals surface area contributed by atoms with Gasteiger partial charge in [-0.05, 0) is 24.1 Å². The van der Waals surface area contributed by atoms with Crippen molar-refractivity contribution in [1.29, 1.82) is 0 Å². The summed E-state index contributed by atoms with van der Waals surface area (Å²) in [5, 5.41) is 2.92. The molecule has 0 spiro atoms. The molecule has 0 saturated carbocycles. The molecule has 4 heteroatoms. The molecule has 0 aliphatic heterocycles. The van der Waals surface area contributed by atoms with Crippen LogP contribution in [0.25, 0.3) is 0 Å². The smallest absolute Gasteiger partial charge is 0.220 e. The van der Waals surface area contributed by atoms with Crippen molar-refractivity contribution in [3.05, 3.63) is 23.8 Å². The molecule has 0 heterocycles. The molecule has 20 heavy (non-hydrogen) atoms. The highest BCUT2D eigenvalue weighted by molar-refractivity contribution is 5.75. The lowest BCUT2D eigenvalue weighted by molar-refractivity contribution is -0.121. The van der Waals surface area contributed by atoms with Crippen molar-refractivity contribution in [2.45, 2.75) is 52.0 Å². The summed E-state index contributed by atoms with van der Waals surface area (Å²) in [5.41, 5.74) is 7.41. The van der Waals surface area contributed by atoms with Gasteiger partial charge in [-0.15, -0.1) is 0 Å². The third-order valence-electron chi connectivity index (χ3n) is 3.29. The Morgan fingerprint density at radius 1 is 1.25 bits per heavy atom. The van der Waals surface area contributed by atoms with E-state index in [-0.39, 0.29) is 5.91 Å². The van der Waals surface area contributed by atoms with Crippen molar-refractivity contribution < 1.29 is 9.53 Å². The summed E-state index contributed by atoms with van der Waals surface area (Å²) in [5.74, 6) is 0.770. The molecule has 0 aliphatic carbocycles. The van der Waals surface area contributed by atoms with Crippen LogP contribution in [0.5, 0.6) is 5.75 Å². The average Bonchev–Trinajstić information content (AvgIpc) is 2.45. The van der Waals surface area contributed by atoms with Gasteiger partial charge in [-0.1, -0.05) is 38.7 Å². The number of nitrogen functional groups attached to an aromatic ring is 1. The van der Waals surface area contributed by atoms with E-state index in [2.05, 4.69) is 12.2 Å². The van der Waals surface area contributed by atoms with E-state index < -0.39 is 0 Å². The molecular weight excluding hydrogens is 252 g/mol. The van der Waals surface area contributed by atoms with Crippen molar-refractivity contribution in [1.82, 2.24) is 5.32 Å². The quantitative estimate of drug-likeness (QED) is 0.538. The van der Waals surface area contributed by atoms with Gasteiger partial charge in [-0.25, -0.2) is 0 Å². The Bertz CT molecular complexity index is 419. The van der Waals surface area contributed by atoms with Crippen molar-refractivity contribution in [3.63, 3.8) is 0 Å². The molecule has 0 atom stereocenters. The van der Waals surface area contributed by atoms with Gasteiger partial charge >= 0.3 is 0 Å². The van der Waals surface area contributed by atoms with E-state index in [1.807, 2.05) is 18.2 Å². The van der Waals surface area contributed by atoms with Gasteiger partial charge in [-0.2, -0.15) is 0 Å². The summed E-state index contributed by atoms with van der Waals surface area (Å²) in [7, 11) is 1.59. The molecule has 0 aliphatic rings. The first kappa shape index (κ1) is 16.3. The van der Waals surface area contributed by atoms with Crippen molar-refractivity contribution in [2.75, 3.05) is 12.8 Å². The Labute approximate surface area is 121 Å². The Kier molecular flexibility index (Phi) is 7.55. The molecule has 1 aromatic rings. The predicted octanol–water partition coefficient (Wildman–Crippen LogP) is 3.25. The second kappa shape index (κ2) is 9.23. The minimum atomic E-state index is 0.107. The number of rotatable bonds is 9. The first-order valence-electron chi connectivity index (χ1n) is 7.36. The third kappa shape index (κ3) is 5.95. The van der Waals surface area contributed by atoms with Crippen LogP contribution >= 0.6 is 0 Å². The molecule has 1 aromatic carbocycles. The second-order valence-electron chi connectivity index (χ2n) is 5.02. The fraction of sp³-hybridized carbons (Fsp3) is 0.562. The molecule has 0 bridgehead atoms. The number of nitrogens with two attached hydrogens (primary N) is 1. The third-order valence-corrected chi connectivity index (χ3v) is 3.29. The predicted molar refractivity (Wildman–Crippen MR) is 82.6 cm³/mol. The largest absolute Gasteiger partial charge is 0.495 e. The van der Waals surface area contributed by atoms with E-state index in [0.717, 1.165) is 18.4 Å². The molecule has 0 saturated heterocycles. The minimum Gasteiger partial charge on any atom is -0.495 e. The summed E-state index contributed by atoms with van der Waals surface area (Å²) in [6.45, 7) is 2.70. The molecule has 4 nitrogen and oxygen atoms in total. The molecule has 0 radical (unpaired) electrons. The number of carbonyl (C=O) groups excluding carboxylic acids is 1. The number of nitrogens with one attached hydrogen (secondary N) is 1. The second-order valence-corrected chi connectivity index (χ2v) is 5.02. The molecule has 1 amide bonds. The van der Waals surface area contributed by atoms with Gasteiger partial charge in [0.15, 0.2) is 0 Å². The van der Waals surface area contributed by atoms with Crippen molar-refractivity contribution in [2.24, 2.45) is 0 Å². The minimum absolute atomic E-state index is 0.107. The number of hydrogen-bond acceptors (Lipinski definition) is 3. The molecular formula is C16H26N2O2. The van der Waals surface area contributed by atoms with Crippen LogP contribution in [0.3, 0.4) is 0 Å². The first-order valence-corrected chi connectivity index (χ1v) is 7.36. The molecule has 0 fully saturated rings. The van der Waals surface area contributed by atoms with E-state index >= 15 is 0 Å². The highest BCUT2D eigenvalue weighted by Gasteiger charge is 2.03. The summed E-state index contributed by atoms with van der Waals surface area (Å²) in [6, 6.07) is 5.57. The maximum Gasteiger partial charge on any atom is 0.220 e. The summed E-state index contributed by atoms with van der Waals surface area (Å²) in [6.07, 6.45) is 6.42. The number of unbranched alkanes of at least 4 members (excludes halogenated alkanes) is 4. The number of amides is 1. The maximum atomic E-state index is 11.7. The van der Waals surface area contributed by atoms with Crippen LogP contribution in [0.4, 0.5) is 5.69 Å². The fourth-order valence-electron chi connectivity index (χ4n) is 2.07. The number of anilines is 1. The van der Waals surface area contributed by atoms with Gasteiger partial charge in [0.2, 0.25) is 5.91 Å². The van der Waals surface area contributed by atoms with Crippen LogP contribution in [-0.4, -0.2) is 13.0 Å². The van der Waals surface area contributed by atoms with Gasteiger partial charge in [0.05, 0.1) is 12.8 Å².